The molecule has 0 aliphatic carbocycles. The maximum absolute atomic E-state index is 10.7. The summed E-state index contributed by atoms with van der Waals surface area (Å²) in [5.41, 5.74) is -0.178. The van der Waals surface area contributed by atoms with Crippen molar-refractivity contribution in [2.45, 2.75) is 0 Å². The first-order chi connectivity index (χ1) is 4.72. The van der Waals surface area contributed by atoms with Crippen molar-refractivity contribution in [2.24, 2.45) is 0 Å². The molecule has 54 valence electrons. The third-order valence-electron chi connectivity index (χ3n) is 1.12. The Morgan fingerprint density at radius 2 is 1.83 bits per heavy atom. The van der Waals surface area contributed by atoms with E-state index in [-0.39, 0.29) is 64.7 Å². The fourth-order valence-corrected chi connectivity index (χ4v) is 0.643. The van der Waals surface area contributed by atoms with Crippen LogP contribution in [-0.2, 0) is 0 Å². The zero-order valence-corrected chi connectivity index (χ0v) is 8.07. The summed E-state index contributed by atoms with van der Waals surface area (Å²) in [7, 11) is 0. The molecule has 0 heterocycles. The van der Waals surface area contributed by atoms with E-state index in [9.17, 15) is 9.90 Å². The quantitative estimate of drug-likeness (QED) is 0.468. The van der Waals surface area contributed by atoms with Crippen LogP contribution in [0.2, 0.25) is 0 Å². The van der Waals surface area contributed by atoms with E-state index in [4.69, 9.17) is 5.11 Å². The fourth-order valence-electron chi connectivity index (χ4n) is 0.643. The first kappa shape index (κ1) is 15.0. The third-order valence-corrected chi connectivity index (χ3v) is 1.12. The number of hydrogen-bond acceptors (Lipinski definition) is 2. The molecule has 0 aromatic heterocycles. The molecule has 0 amide bonds. The Morgan fingerprint density at radius 3 is 2.17 bits per heavy atom. The van der Waals surface area contributed by atoms with E-state index in [1.807, 2.05) is 0 Å². The second-order valence-corrected chi connectivity index (χ2v) is 1.80. The summed E-state index contributed by atoms with van der Waals surface area (Å²) < 4.78 is 0. The molecule has 0 saturated carbocycles. The van der Waals surface area contributed by atoms with Gasteiger partial charge >= 0.3 is 65.1 Å². The number of carbonyl (C=O) groups is 1. The molecule has 1 rings (SSSR count). The molecular formula is C7H6Na2O3. The van der Waals surface area contributed by atoms with E-state index >= 15 is 0 Å². The van der Waals surface area contributed by atoms with Crippen molar-refractivity contribution in [3.63, 3.8) is 0 Å². The van der Waals surface area contributed by atoms with Crippen LogP contribution in [0.15, 0.2) is 24.3 Å². The second-order valence-electron chi connectivity index (χ2n) is 1.80. The predicted molar refractivity (Wildman–Crippen MR) is 40.0 cm³/mol. The minimum absolute atomic E-state index is 0. The molecule has 0 fully saturated rings. The van der Waals surface area contributed by atoms with Crippen molar-refractivity contribution in [2.75, 3.05) is 0 Å². The first-order valence-corrected chi connectivity index (χ1v) is 2.71. The molecule has 1 aromatic carbocycles. The van der Waals surface area contributed by atoms with Crippen LogP contribution in [-0.4, -0.2) is 40.6 Å². The van der Waals surface area contributed by atoms with E-state index in [0.717, 1.165) is 0 Å². The van der Waals surface area contributed by atoms with E-state index < -0.39 is 11.7 Å². The summed E-state index contributed by atoms with van der Waals surface area (Å²) >= 11 is 0. The van der Waals surface area contributed by atoms with Crippen LogP contribution in [0.1, 0.15) is 10.4 Å². The predicted octanol–water partition coefficient (Wildman–Crippen LogP) is -3.19. The van der Waals surface area contributed by atoms with E-state index in [0.29, 0.717) is 0 Å². The Morgan fingerprint density at radius 1 is 1.33 bits per heavy atom. The summed E-state index contributed by atoms with van der Waals surface area (Å²) in [6.07, 6.45) is 0. The van der Waals surface area contributed by atoms with Gasteiger partial charge in [-0.2, -0.15) is 0 Å². The van der Waals surface area contributed by atoms with Gasteiger partial charge in [0.2, 0.25) is 0 Å². The van der Waals surface area contributed by atoms with Crippen LogP contribution in [0, 0.1) is 0 Å². The Kier molecular flexibility index (Phi) is 8.68. The average Bonchev–Trinajstić information content (AvgIpc) is 1.88. The van der Waals surface area contributed by atoms with Crippen LogP contribution >= 0.6 is 0 Å². The van der Waals surface area contributed by atoms with Crippen LogP contribution in [0.5, 0.6) is 5.75 Å². The molecule has 1 aromatic rings. The van der Waals surface area contributed by atoms with Crippen molar-refractivity contribution in [3.8, 4) is 5.75 Å². The Bertz CT molecular complexity index is 263. The van der Waals surface area contributed by atoms with Crippen LogP contribution in [0.25, 0.3) is 0 Å². The molecule has 12 heavy (non-hydrogen) atoms. The summed E-state index contributed by atoms with van der Waals surface area (Å²) in [6.45, 7) is 0. The maximum atomic E-state index is 10.7. The molecule has 0 saturated heterocycles. The van der Waals surface area contributed by atoms with Crippen LogP contribution in [0.3, 0.4) is 0 Å². The number of para-hydroxylation sites is 1. The molecule has 0 atom stereocenters. The van der Waals surface area contributed by atoms with E-state index in [1.54, 1.807) is 0 Å². The minimum atomic E-state index is -1.18. The standard InChI is InChI=1S/C7H6O3.2Na.H/c8-6-4-2-1-3-5(6)7(9)10;;;/h1-4,8H,(H,9,10);;;/q;;+1;/p-1. The number of carboxylic acid groups (broad SMARTS) is 1. The summed E-state index contributed by atoms with van der Waals surface area (Å²) in [4.78, 5) is 10.2. The van der Waals surface area contributed by atoms with Gasteiger partial charge in [-0.1, -0.05) is 23.9 Å². The molecule has 0 unspecified atom stereocenters. The zero-order chi connectivity index (χ0) is 7.56. The van der Waals surface area contributed by atoms with Gasteiger partial charge in [0.15, 0.2) is 0 Å². The van der Waals surface area contributed by atoms with Crippen LogP contribution in [0.4, 0.5) is 0 Å². The van der Waals surface area contributed by atoms with Crippen molar-refractivity contribution in [3.05, 3.63) is 29.8 Å². The number of hydrogen-bond donors (Lipinski definition) is 1. The van der Waals surface area contributed by atoms with Gasteiger partial charge in [0.25, 0.3) is 0 Å². The van der Waals surface area contributed by atoms with E-state index in [1.165, 1.54) is 24.3 Å². The number of benzene rings is 1. The van der Waals surface area contributed by atoms with Gasteiger partial charge in [-0.05, 0) is 6.07 Å². The van der Waals surface area contributed by atoms with Crippen molar-refractivity contribution in [1.82, 2.24) is 0 Å². The molecular weight excluding hydrogens is 178 g/mol. The Balaban J connectivity index is 0. The number of carboxylic acids is 1. The zero-order valence-electron chi connectivity index (χ0n) is 6.07. The summed E-state index contributed by atoms with van der Waals surface area (Å²) in [6, 6.07) is 5.54. The van der Waals surface area contributed by atoms with Crippen molar-refractivity contribution < 1.29 is 44.6 Å². The normalized spacial score (nSPS) is 7.67. The summed E-state index contributed by atoms with van der Waals surface area (Å²) in [5, 5.41) is 19.0. The van der Waals surface area contributed by atoms with Gasteiger partial charge < -0.3 is 10.2 Å². The van der Waals surface area contributed by atoms with E-state index in [2.05, 4.69) is 0 Å². The van der Waals surface area contributed by atoms with Gasteiger partial charge in [-0.15, -0.1) is 0 Å². The fraction of sp³-hybridized carbons (Fsp3) is 0. The molecule has 3 nitrogen and oxygen atoms in total. The molecule has 0 aliphatic heterocycles. The van der Waals surface area contributed by atoms with Gasteiger partial charge in [-0.25, -0.2) is 4.79 Å². The topological polar surface area (TPSA) is 60.4 Å². The third kappa shape index (κ3) is 3.94. The Labute approximate surface area is 114 Å². The average molecular weight is 184 g/mol. The van der Waals surface area contributed by atoms with Gasteiger partial charge in [-0.3, -0.25) is 0 Å². The first-order valence-electron chi connectivity index (χ1n) is 2.71. The molecule has 0 aliphatic rings. The molecule has 0 bridgehead atoms. The monoisotopic (exact) mass is 184 g/mol. The van der Waals surface area contributed by atoms with Gasteiger partial charge in [0.1, 0.15) is 0 Å². The van der Waals surface area contributed by atoms with Crippen molar-refractivity contribution >= 4 is 35.5 Å². The Hall–Kier alpha value is 0.490. The second kappa shape index (κ2) is 6.95. The van der Waals surface area contributed by atoms with Crippen LogP contribution < -0.4 is 34.7 Å². The molecule has 5 heteroatoms. The van der Waals surface area contributed by atoms with Crippen molar-refractivity contribution in [1.29, 1.82) is 0 Å². The van der Waals surface area contributed by atoms with Gasteiger partial charge in [0.05, 0.1) is 5.56 Å². The molecule has 1 N–H and O–H groups in total. The SMILES string of the molecule is O=C(O)c1ccccc1[O-].[Na+].[NaH]. The van der Waals surface area contributed by atoms with Gasteiger partial charge in [0, 0.05) is 0 Å². The number of rotatable bonds is 1. The summed E-state index contributed by atoms with van der Waals surface area (Å²) in [5.74, 6) is -1.62. The number of aromatic carboxylic acids is 1. The molecule has 0 spiro atoms. The molecule has 0 radical (unpaired) electrons.